The van der Waals surface area contributed by atoms with E-state index in [0.717, 1.165) is 23.5 Å². The van der Waals surface area contributed by atoms with Gasteiger partial charge in [-0.15, -0.1) is 0 Å². The molecule has 0 spiro atoms. The molecule has 1 fully saturated rings. The summed E-state index contributed by atoms with van der Waals surface area (Å²) in [5.74, 6) is 3.05. The van der Waals surface area contributed by atoms with Gasteiger partial charge in [0.2, 0.25) is 0 Å². The number of hydrogen-bond donors (Lipinski definition) is 1. The zero-order chi connectivity index (χ0) is 12.5. The highest BCUT2D eigenvalue weighted by molar-refractivity contribution is 5.96. The van der Waals surface area contributed by atoms with Gasteiger partial charge in [-0.05, 0) is 55.9 Å². The second-order valence-corrected chi connectivity index (χ2v) is 5.69. The third-order valence-electron chi connectivity index (χ3n) is 4.70. The molecular formula is C15H27N. The molecule has 0 radical (unpaired) electrons. The van der Waals surface area contributed by atoms with Crippen molar-refractivity contribution in [1.82, 2.24) is 0 Å². The molecule has 4 unspecified atom stereocenters. The van der Waals surface area contributed by atoms with Crippen LogP contribution in [0.1, 0.15) is 54.4 Å². The first-order valence-corrected chi connectivity index (χ1v) is 6.66. The summed E-state index contributed by atoms with van der Waals surface area (Å²) in [5.41, 5.74) is 3.57. The fourth-order valence-electron chi connectivity index (χ4n) is 2.89. The Hall–Kier alpha value is -0.590. The molecule has 1 N–H and O–H groups in total. The van der Waals surface area contributed by atoms with E-state index in [1.54, 1.807) is 5.57 Å². The van der Waals surface area contributed by atoms with Crippen LogP contribution in [0.4, 0.5) is 0 Å². The van der Waals surface area contributed by atoms with Crippen LogP contribution >= 0.6 is 0 Å². The van der Waals surface area contributed by atoms with Crippen LogP contribution < -0.4 is 0 Å². The molecular weight excluding hydrogens is 194 g/mol. The summed E-state index contributed by atoms with van der Waals surface area (Å²) in [7, 11) is 0. The first-order chi connectivity index (χ1) is 7.40. The summed E-state index contributed by atoms with van der Waals surface area (Å²) in [4.78, 5) is 0. The van der Waals surface area contributed by atoms with E-state index in [-0.39, 0.29) is 0 Å². The minimum absolute atomic E-state index is 0.639. The molecule has 0 amide bonds. The molecule has 92 valence electrons. The lowest BCUT2D eigenvalue weighted by atomic mass is 9.60. The second-order valence-electron chi connectivity index (χ2n) is 5.69. The molecule has 0 saturated heterocycles. The van der Waals surface area contributed by atoms with E-state index in [0.29, 0.717) is 5.92 Å². The van der Waals surface area contributed by atoms with E-state index < -0.39 is 0 Å². The smallest absolute Gasteiger partial charge is 0.0311 e. The summed E-state index contributed by atoms with van der Waals surface area (Å²) < 4.78 is 0. The summed E-state index contributed by atoms with van der Waals surface area (Å²) in [6.07, 6.45) is 2.52. The van der Waals surface area contributed by atoms with E-state index in [4.69, 9.17) is 5.41 Å². The highest BCUT2D eigenvalue weighted by atomic mass is 14.5. The molecule has 1 aliphatic rings. The quantitative estimate of drug-likeness (QED) is 0.666. The molecule has 0 heterocycles. The summed E-state index contributed by atoms with van der Waals surface area (Å²) >= 11 is 0. The monoisotopic (exact) mass is 221 g/mol. The third kappa shape index (κ3) is 2.39. The van der Waals surface area contributed by atoms with Gasteiger partial charge in [-0.25, -0.2) is 0 Å². The minimum atomic E-state index is 0.639. The normalized spacial score (nSPS) is 32.8. The van der Waals surface area contributed by atoms with Crippen molar-refractivity contribution < 1.29 is 0 Å². The molecule has 0 bridgehead atoms. The van der Waals surface area contributed by atoms with Crippen molar-refractivity contribution in [2.24, 2.45) is 23.7 Å². The fraction of sp³-hybridized carbons (Fsp3) is 0.800. The molecule has 1 saturated carbocycles. The maximum Gasteiger partial charge on any atom is 0.0311 e. The van der Waals surface area contributed by atoms with E-state index in [1.165, 1.54) is 18.4 Å². The van der Waals surface area contributed by atoms with Crippen molar-refractivity contribution in [2.75, 3.05) is 0 Å². The molecule has 0 aromatic carbocycles. The Bertz CT molecular complexity index is 301. The highest BCUT2D eigenvalue weighted by Crippen LogP contribution is 2.47. The van der Waals surface area contributed by atoms with Crippen LogP contribution in [0.5, 0.6) is 0 Å². The lowest BCUT2D eigenvalue weighted by Gasteiger charge is -2.45. The Labute approximate surface area is 101 Å². The van der Waals surface area contributed by atoms with Crippen LogP contribution in [0.15, 0.2) is 11.1 Å². The maximum atomic E-state index is 7.85. The predicted molar refractivity (Wildman–Crippen MR) is 72.0 cm³/mol. The van der Waals surface area contributed by atoms with Crippen molar-refractivity contribution in [3.8, 4) is 0 Å². The van der Waals surface area contributed by atoms with Crippen LogP contribution in [0, 0.1) is 29.1 Å². The van der Waals surface area contributed by atoms with E-state index in [9.17, 15) is 0 Å². The SMILES string of the molecule is CCC(C)C(=C(C)C(C)=N)C1CC(C)C1C. The van der Waals surface area contributed by atoms with Gasteiger partial charge in [-0.1, -0.05) is 33.3 Å². The fourth-order valence-corrected chi connectivity index (χ4v) is 2.89. The van der Waals surface area contributed by atoms with Crippen LogP contribution in [0.3, 0.4) is 0 Å². The van der Waals surface area contributed by atoms with Crippen molar-refractivity contribution >= 4 is 5.71 Å². The van der Waals surface area contributed by atoms with E-state index in [1.807, 2.05) is 6.92 Å². The number of allylic oxidation sites excluding steroid dienone is 2. The number of hydrogen-bond acceptors (Lipinski definition) is 1. The lowest BCUT2D eigenvalue weighted by molar-refractivity contribution is 0.124. The number of rotatable bonds is 4. The largest absolute Gasteiger partial charge is 0.305 e. The van der Waals surface area contributed by atoms with E-state index >= 15 is 0 Å². The molecule has 16 heavy (non-hydrogen) atoms. The molecule has 1 heteroatoms. The molecule has 4 atom stereocenters. The van der Waals surface area contributed by atoms with Gasteiger partial charge in [0.1, 0.15) is 0 Å². The van der Waals surface area contributed by atoms with Gasteiger partial charge in [-0.2, -0.15) is 0 Å². The topological polar surface area (TPSA) is 23.9 Å². The van der Waals surface area contributed by atoms with Gasteiger partial charge in [0.25, 0.3) is 0 Å². The first kappa shape index (κ1) is 13.5. The van der Waals surface area contributed by atoms with Crippen molar-refractivity contribution in [3.05, 3.63) is 11.1 Å². The van der Waals surface area contributed by atoms with Crippen LogP contribution in [-0.2, 0) is 0 Å². The molecule has 0 aliphatic heterocycles. The van der Waals surface area contributed by atoms with Crippen LogP contribution in [-0.4, -0.2) is 5.71 Å². The van der Waals surface area contributed by atoms with E-state index in [2.05, 4.69) is 34.6 Å². The Morgan fingerprint density at radius 3 is 2.19 bits per heavy atom. The van der Waals surface area contributed by atoms with Gasteiger partial charge in [0, 0.05) is 5.71 Å². The Morgan fingerprint density at radius 1 is 1.31 bits per heavy atom. The van der Waals surface area contributed by atoms with Gasteiger partial charge in [-0.3, -0.25) is 0 Å². The van der Waals surface area contributed by atoms with Gasteiger partial charge in [0.05, 0.1) is 0 Å². The Kier molecular flexibility index (Phi) is 4.35. The summed E-state index contributed by atoms with van der Waals surface area (Å²) in [6, 6.07) is 0. The third-order valence-corrected chi connectivity index (χ3v) is 4.70. The second kappa shape index (κ2) is 5.16. The zero-order valence-corrected chi connectivity index (χ0v) is 11.7. The average Bonchev–Trinajstić information content (AvgIpc) is 2.27. The predicted octanol–water partition coefficient (Wildman–Crippen LogP) is 4.68. The molecule has 0 aromatic heterocycles. The molecule has 1 aliphatic carbocycles. The Morgan fingerprint density at radius 2 is 1.88 bits per heavy atom. The molecule has 0 aromatic rings. The lowest BCUT2D eigenvalue weighted by Crippen LogP contribution is -2.36. The highest BCUT2D eigenvalue weighted by Gasteiger charge is 2.38. The summed E-state index contributed by atoms with van der Waals surface area (Å²) in [5, 5.41) is 7.85. The molecule has 1 rings (SSSR count). The Balaban J connectivity index is 2.98. The standard InChI is InChI=1S/C15H27N/c1-7-9(2)15(12(5)13(6)16)14-8-10(3)11(14)4/h9-11,14,16H,7-8H2,1-6H3. The van der Waals surface area contributed by atoms with Crippen molar-refractivity contribution in [2.45, 2.75) is 54.4 Å². The average molecular weight is 221 g/mol. The molecule has 1 nitrogen and oxygen atoms in total. The maximum absolute atomic E-state index is 7.85. The minimum Gasteiger partial charge on any atom is -0.305 e. The van der Waals surface area contributed by atoms with Crippen LogP contribution in [0.25, 0.3) is 0 Å². The van der Waals surface area contributed by atoms with Crippen LogP contribution in [0.2, 0.25) is 0 Å². The zero-order valence-electron chi connectivity index (χ0n) is 11.7. The van der Waals surface area contributed by atoms with Gasteiger partial charge >= 0.3 is 0 Å². The van der Waals surface area contributed by atoms with Gasteiger partial charge < -0.3 is 5.41 Å². The van der Waals surface area contributed by atoms with Crippen molar-refractivity contribution in [3.63, 3.8) is 0 Å². The van der Waals surface area contributed by atoms with Gasteiger partial charge in [0.15, 0.2) is 0 Å². The number of nitrogens with one attached hydrogen (secondary N) is 1. The van der Waals surface area contributed by atoms with Crippen molar-refractivity contribution in [1.29, 1.82) is 5.41 Å². The first-order valence-electron chi connectivity index (χ1n) is 6.66. The summed E-state index contributed by atoms with van der Waals surface area (Å²) in [6.45, 7) is 13.3.